The first-order chi connectivity index (χ1) is 25.1. The molecule has 3 aromatic heterocycles. The molecule has 5 heteroatoms. The number of aryl methyl sites for hydroxylation is 2. The minimum absolute atomic E-state index is 0.602. The van der Waals surface area contributed by atoms with Crippen molar-refractivity contribution in [1.82, 2.24) is 24.5 Å². The number of benzene rings is 6. The Bertz CT molecular complexity index is 2620. The van der Waals surface area contributed by atoms with Crippen molar-refractivity contribution in [3.63, 3.8) is 0 Å². The Kier molecular flexibility index (Phi) is 7.51. The first-order valence-corrected chi connectivity index (χ1v) is 17.1. The molecule has 51 heavy (non-hydrogen) atoms. The largest absolute Gasteiger partial charge is 0.308 e. The molecule has 0 saturated carbocycles. The van der Waals surface area contributed by atoms with E-state index in [0.29, 0.717) is 17.5 Å². The van der Waals surface area contributed by atoms with E-state index in [4.69, 9.17) is 15.0 Å². The van der Waals surface area contributed by atoms with Crippen LogP contribution < -0.4 is 0 Å². The van der Waals surface area contributed by atoms with Crippen LogP contribution in [0.1, 0.15) is 11.1 Å². The highest BCUT2D eigenvalue weighted by Crippen LogP contribution is 2.39. The minimum atomic E-state index is 0.602. The number of hydrogen-bond acceptors (Lipinski definition) is 4. The van der Waals surface area contributed by atoms with E-state index in [2.05, 4.69) is 102 Å². The summed E-state index contributed by atoms with van der Waals surface area (Å²) in [4.78, 5) is 19.7. The number of para-hydroxylation sites is 1. The summed E-state index contributed by atoms with van der Waals surface area (Å²) in [7, 11) is 0. The summed E-state index contributed by atoms with van der Waals surface area (Å²) >= 11 is 0. The van der Waals surface area contributed by atoms with E-state index in [9.17, 15) is 0 Å². The van der Waals surface area contributed by atoms with E-state index >= 15 is 0 Å². The van der Waals surface area contributed by atoms with Crippen LogP contribution in [-0.2, 0) is 0 Å². The molecule has 0 spiro atoms. The normalized spacial score (nSPS) is 11.3. The maximum Gasteiger partial charge on any atom is 0.166 e. The molecule has 0 atom stereocenters. The summed E-state index contributed by atoms with van der Waals surface area (Å²) in [5, 5.41) is 2.38. The van der Waals surface area contributed by atoms with Crippen molar-refractivity contribution >= 4 is 21.8 Å². The Hall–Kier alpha value is -6.72. The Balaban J connectivity index is 1.36. The van der Waals surface area contributed by atoms with Gasteiger partial charge in [-0.05, 0) is 72.5 Å². The van der Waals surface area contributed by atoms with Gasteiger partial charge in [-0.25, -0.2) is 15.0 Å². The molecule has 0 aliphatic rings. The molecule has 3 heterocycles. The van der Waals surface area contributed by atoms with E-state index < -0.39 is 0 Å². The topological polar surface area (TPSA) is 56.5 Å². The van der Waals surface area contributed by atoms with Crippen LogP contribution >= 0.6 is 0 Å². The SMILES string of the molecule is Cc1cc(C)cc(-c2ccc3c4ccccc4n(-c4ccc(-c5ccncc5)cc4-c4nc(-c5ccccc5)nc(-c5ccccc5)n4)c3c2)c1. The molecule has 0 fully saturated rings. The fourth-order valence-corrected chi connectivity index (χ4v) is 7.11. The summed E-state index contributed by atoms with van der Waals surface area (Å²) in [6, 6.07) is 53.1. The predicted octanol–water partition coefficient (Wildman–Crippen LogP) is 11.3. The first kappa shape index (κ1) is 30.3. The third-order valence-corrected chi connectivity index (χ3v) is 9.42. The number of fused-ring (bicyclic) bond motifs is 3. The van der Waals surface area contributed by atoms with Crippen LogP contribution in [0.25, 0.3) is 83.9 Å². The highest BCUT2D eigenvalue weighted by Gasteiger charge is 2.21. The average molecular weight is 656 g/mol. The van der Waals surface area contributed by atoms with Gasteiger partial charge in [0.25, 0.3) is 0 Å². The van der Waals surface area contributed by atoms with E-state index in [1.54, 1.807) is 0 Å². The van der Waals surface area contributed by atoms with Crippen molar-refractivity contribution in [1.29, 1.82) is 0 Å². The number of pyridine rings is 1. The average Bonchev–Trinajstić information content (AvgIpc) is 3.51. The fraction of sp³-hybridized carbons (Fsp3) is 0.0435. The number of nitrogens with zero attached hydrogens (tertiary/aromatic N) is 5. The van der Waals surface area contributed by atoms with Gasteiger partial charge < -0.3 is 4.57 Å². The van der Waals surface area contributed by atoms with E-state index in [1.165, 1.54) is 33.0 Å². The zero-order chi connectivity index (χ0) is 34.3. The third kappa shape index (κ3) is 5.65. The lowest BCUT2D eigenvalue weighted by Gasteiger charge is -2.16. The number of aromatic nitrogens is 5. The second kappa shape index (κ2) is 12.6. The van der Waals surface area contributed by atoms with Crippen LogP contribution in [0.4, 0.5) is 0 Å². The van der Waals surface area contributed by atoms with Gasteiger partial charge in [0, 0.05) is 39.9 Å². The Morgan fingerprint density at radius 2 is 0.961 bits per heavy atom. The fourth-order valence-electron chi connectivity index (χ4n) is 7.11. The molecule has 6 aromatic carbocycles. The van der Waals surface area contributed by atoms with Gasteiger partial charge in [0.15, 0.2) is 17.5 Å². The summed E-state index contributed by atoms with van der Waals surface area (Å²) in [6.45, 7) is 4.32. The molecule has 242 valence electrons. The Morgan fingerprint density at radius 1 is 0.392 bits per heavy atom. The van der Waals surface area contributed by atoms with Gasteiger partial charge in [-0.3, -0.25) is 4.98 Å². The molecule has 0 N–H and O–H groups in total. The maximum atomic E-state index is 5.20. The maximum absolute atomic E-state index is 5.20. The minimum Gasteiger partial charge on any atom is -0.308 e. The van der Waals surface area contributed by atoms with E-state index in [-0.39, 0.29) is 0 Å². The summed E-state index contributed by atoms with van der Waals surface area (Å²) in [6.07, 6.45) is 3.66. The molecule has 0 aliphatic heterocycles. The molecule has 0 unspecified atom stereocenters. The highest BCUT2D eigenvalue weighted by atomic mass is 15.1. The van der Waals surface area contributed by atoms with Crippen molar-refractivity contribution in [3.8, 4) is 62.1 Å². The first-order valence-electron chi connectivity index (χ1n) is 17.1. The van der Waals surface area contributed by atoms with E-state index in [0.717, 1.165) is 44.5 Å². The van der Waals surface area contributed by atoms with Gasteiger partial charge >= 0.3 is 0 Å². The molecule has 0 aliphatic carbocycles. The van der Waals surface area contributed by atoms with Gasteiger partial charge in [-0.15, -0.1) is 0 Å². The lowest BCUT2D eigenvalue weighted by Crippen LogP contribution is -2.04. The molecule has 9 aromatic rings. The lowest BCUT2D eigenvalue weighted by molar-refractivity contribution is 1.06. The van der Waals surface area contributed by atoms with Crippen LogP contribution in [0.3, 0.4) is 0 Å². The van der Waals surface area contributed by atoms with Crippen molar-refractivity contribution in [2.24, 2.45) is 0 Å². The second-order valence-electron chi connectivity index (χ2n) is 13.0. The smallest absolute Gasteiger partial charge is 0.166 e. The van der Waals surface area contributed by atoms with Crippen LogP contribution in [0.5, 0.6) is 0 Å². The third-order valence-electron chi connectivity index (χ3n) is 9.42. The molecule has 0 bridgehead atoms. The zero-order valence-electron chi connectivity index (χ0n) is 28.3. The zero-order valence-corrected chi connectivity index (χ0v) is 28.3. The van der Waals surface area contributed by atoms with Crippen LogP contribution in [0.15, 0.2) is 164 Å². The number of rotatable bonds is 6. The molecule has 0 radical (unpaired) electrons. The molecule has 9 rings (SSSR count). The molecular weight excluding hydrogens is 623 g/mol. The Morgan fingerprint density at radius 3 is 1.65 bits per heavy atom. The standard InChI is InChI=1S/C46H33N5/c1-30-25-31(2)27-37(26-30)36-17-19-39-38-15-9-10-16-41(38)51(43(39)29-36)42-20-18-35(32-21-23-47-24-22-32)28-40(42)46-49-44(33-11-5-3-6-12-33)48-45(50-46)34-13-7-4-8-14-34/h3-29H,1-2H3. The van der Waals surface area contributed by atoms with Crippen molar-refractivity contribution in [3.05, 3.63) is 175 Å². The quantitative estimate of drug-likeness (QED) is 0.179. The monoisotopic (exact) mass is 655 g/mol. The highest BCUT2D eigenvalue weighted by molar-refractivity contribution is 6.10. The van der Waals surface area contributed by atoms with Crippen molar-refractivity contribution < 1.29 is 0 Å². The van der Waals surface area contributed by atoms with E-state index in [1.807, 2.05) is 85.2 Å². The summed E-state index contributed by atoms with van der Waals surface area (Å²) in [5.41, 5.74) is 13.0. The summed E-state index contributed by atoms with van der Waals surface area (Å²) < 4.78 is 2.37. The van der Waals surface area contributed by atoms with Crippen molar-refractivity contribution in [2.75, 3.05) is 0 Å². The van der Waals surface area contributed by atoms with Crippen LogP contribution in [0.2, 0.25) is 0 Å². The Labute approximate surface area is 296 Å². The molecule has 0 amide bonds. The molecular formula is C46H33N5. The molecule has 0 saturated heterocycles. The van der Waals surface area contributed by atoms with Gasteiger partial charge in [0.1, 0.15) is 0 Å². The van der Waals surface area contributed by atoms with Gasteiger partial charge in [-0.1, -0.05) is 126 Å². The number of hydrogen-bond donors (Lipinski definition) is 0. The lowest BCUT2D eigenvalue weighted by atomic mass is 9.99. The van der Waals surface area contributed by atoms with Gasteiger partial charge in [0.2, 0.25) is 0 Å². The van der Waals surface area contributed by atoms with Gasteiger partial charge in [-0.2, -0.15) is 0 Å². The van der Waals surface area contributed by atoms with Crippen LogP contribution in [0, 0.1) is 13.8 Å². The van der Waals surface area contributed by atoms with Crippen molar-refractivity contribution in [2.45, 2.75) is 13.8 Å². The van der Waals surface area contributed by atoms with Gasteiger partial charge in [0.05, 0.1) is 16.7 Å². The second-order valence-corrected chi connectivity index (χ2v) is 13.0. The van der Waals surface area contributed by atoms with Crippen LogP contribution in [-0.4, -0.2) is 24.5 Å². The predicted molar refractivity (Wildman–Crippen MR) is 209 cm³/mol. The summed E-state index contributed by atoms with van der Waals surface area (Å²) in [5.74, 6) is 1.85. The molecule has 5 nitrogen and oxygen atoms in total.